The molecule has 0 saturated carbocycles. The van der Waals surface area contributed by atoms with Crippen LogP contribution in [0.1, 0.15) is 25.3 Å². The minimum atomic E-state index is 0.0717. The van der Waals surface area contributed by atoms with Crippen LogP contribution in [0.25, 0.3) is 0 Å². The highest BCUT2D eigenvalue weighted by molar-refractivity contribution is 7.99. The number of rotatable bonds is 7. The summed E-state index contributed by atoms with van der Waals surface area (Å²) in [6, 6.07) is 8.30. The lowest BCUT2D eigenvalue weighted by Gasteiger charge is -2.05. The predicted molar refractivity (Wildman–Crippen MR) is 73.0 cm³/mol. The van der Waals surface area contributed by atoms with E-state index < -0.39 is 0 Å². The Morgan fingerprint density at radius 2 is 2.06 bits per heavy atom. The zero-order valence-corrected chi connectivity index (χ0v) is 11.1. The first kappa shape index (κ1) is 14.1. The Morgan fingerprint density at radius 1 is 1.35 bits per heavy atom. The minimum absolute atomic E-state index is 0.0717. The number of benzene rings is 1. The van der Waals surface area contributed by atoms with Crippen LogP contribution < -0.4 is 11.1 Å². The maximum atomic E-state index is 11.4. The summed E-state index contributed by atoms with van der Waals surface area (Å²) in [5, 5.41) is 2.88. The van der Waals surface area contributed by atoms with Gasteiger partial charge in [0.1, 0.15) is 0 Å². The molecular formula is C13H20N2OS. The molecule has 94 valence electrons. The average molecular weight is 252 g/mol. The van der Waals surface area contributed by atoms with Crippen molar-refractivity contribution < 1.29 is 4.79 Å². The van der Waals surface area contributed by atoms with Gasteiger partial charge in [0.05, 0.1) is 0 Å². The van der Waals surface area contributed by atoms with Crippen LogP contribution in [0.5, 0.6) is 0 Å². The molecule has 0 aliphatic heterocycles. The van der Waals surface area contributed by atoms with Gasteiger partial charge in [-0.3, -0.25) is 4.79 Å². The Balaban J connectivity index is 2.34. The molecule has 0 saturated heterocycles. The van der Waals surface area contributed by atoms with E-state index in [0.29, 0.717) is 19.5 Å². The zero-order valence-electron chi connectivity index (χ0n) is 10.2. The molecule has 0 aliphatic rings. The normalized spacial score (nSPS) is 10.2. The number of hydrogen-bond donors (Lipinski definition) is 2. The maximum Gasteiger partial charge on any atom is 0.220 e. The van der Waals surface area contributed by atoms with Crippen molar-refractivity contribution in [1.29, 1.82) is 0 Å². The lowest BCUT2D eigenvalue weighted by atomic mass is 10.2. The fourth-order valence-corrected chi connectivity index (χ4v) is 2.08. The van der Waals surface area contributed by atoms with Gasteiger partial charge in [-0.15, -0.1) is 11.8 Å². The van der Waals surface area contributed by atoms with E-state index in [0.717, 1.165) is 17.7 Å². The molecule has 4 heteroatoms. The van der Waals surface area contributed by atoms with Gasteiger partial charge in [-0.25, -0.2) is 0 Å². The molecule has 0 fully saturated rings. The summed E-state index contributed by atoms with van der Waals surface area (Å²) in [6.07, 6.45) is 1.26. The van der Waals surface area contributed by atoms with Gasteiger partial charge in [0, 0.05) is 17.9 Å². The predicted octanol–water partition coefficient (Wildman–Crippen LogP) is 2.15. The highest BCUT2D eigenvalue weighted by Crippen LogP contribution is 2.17. The highest BCUT2D eigenvalue weighted by atomic mass is 32.2. The number of carbonyl (C=O) groups is 1. The number of carbonyl (C=O) groups excluding carboxylic acids is 1. The SMILES string of the molecule is CCSc1ccc(CNC(=O)CCCN)cc1. The van der Waals surface area contributed by atoms with Crippen LogP contribution in [0.4, 0.5) is 0 Å². The largest absolute Gasteiger partial charge is 0.352 e. The highest BCUT2D eigenvalue weighted by Gasteiger charge is 2.00. The van der Waals surface area contributed by atoms with Gasteiger partial charge >= 0.3 is 0 Å². The van der Waals surface area contributed by atoms with Crippen LogP contribution in [0, 0.1) is 0 Å². The third kappa shape index (κ3) is 5.75. The maximum absolute atomic E-state index is 11.4. The molecule has 0 radical (unpaired) electrons. The van der Waals surface area contributed by atoms with Crippen molar-refractivity contribution >= 4 is 17.7 Å². The zero-order chi connectivity index (χ0) is 12.5. The van der Waals surface area contributed by atoms with Gasteiger partial charge in [-0.1, -0.05) is 19.1 Å². The standard InChI is InChI=1S/C13H20N2OS/c1-2-17-12-7-5-11(6-8-12)10-15-13(16)4-3-9-14/h5-8H,2-4,9-10,14H2,1H3,(H,15,16). The van der Waals surface area contributed by atoms with Gasteiger partial charge in [-0.05, 0) is 36.4 Å². The van der Waals surface area contributed by atoms with Gasteiger partial charge < -0.3 is 11.1 Å². The summed E-state index contributed by atoms with van der Waals surface area (Å²) in [7, 11) is 0. The summed E-state index contributed by atoms with van der Waals surface area (Å²) in [4.78, 5) is 12.6. The number of hydrogen-bond acceptors (Lipinski definition) is 3. The van der Waals surface area contributed by atoms with Crippen molar-refractivity contribution in [2.75, 3.05) is 12.3 Å². The third-order valence-corrected chi connectivity index (χ3v) is 3.23. The molecule has 0 atom stereocenters. The molecular weight excluding hydrogens is 232 g/mol. The second kappa shape index (κ2) is 8.14. The summed E-state index contributed by atoms with van der Waals surface area (Å²) in [5.41, 5.74) is 6.48. The van der Waals surface area contributed by atoms with Crippen LogP contribution in [-0.4, -0.2) is 18.2 Å². The number of nitrogens with two attached hydrogens (primary N) is 1. The van der Waals surface area contributed by atoms with Crippen molar-refractivity contribution in [3.8, 4) is 0 Å². The molecule has 0 spiro atoms. The molecule has 1 amide bonds. The van der Waals surface area contributed by atoms with E-state index in [1.54, 1.807) is 0 Å². The summed E-state index contributed by atoms with van der Waals surface area (Å²) in [5.74, 6) is 1.15. The summed E-state index contributed by atoms with van der Waals surface area (Å²) >= 11 is 1.82. The van der Waals surface area contributed by atoms with E-state index >= 15 is 0 Å². The Hall–Kier alpha value is -1.00. The minimum Gasteiger partial charge on any atom is -0.352 e. The number of nitrogens with one attached hydrogen (secondary N) is 1. The van der Waals surface area contributed by atoms with E-state index in [1.165, 1.54) is 4.90 Å². The second-order valence-electron chi connectivity index (χ2n) is 3.75. The summed E-state index contributed by atoms with van der Waals surface area (Å²) < 4.78 is 0. The molecule has 0 heterocycles. The first-order chi connectivity index (χ1) is 8.26. The third-order valence-electron chi connectivity index (χ3n) is 2.33. The first-order valence-corrected chi connectivity index (χ1v) is 6.93. The van der Waals surface area contributed by atoms with E-state index in [4.69, 9.17) is 5.73 Å². The molecule has 17 heavy (non-hydrogen) atoms. The van der Waals surface area contributed by atoms with Crippen molar-refractivity contribution in [1.82, 2.24) is 5.32 Å². The van der Waals surface area contributed by atoms with Gasteiger partial charge in [-0.2, -0.15) is 0 Å². The number of amides is 1. The van der Waals surface area contributed by atoms with Crippen LogP contribution in [0.3, 0.4) is 0 Å². The molecule has 0 aliphatic carbocycles. The molecule has 3 nitrogen and oxygen atoms in total. The lowest BCUT2D eigenvalue weighted by Crippen LogP contribution is -2.23. The van der Waals surface area contributed by atoms with Crippen LogP contribution in [0.2, 0.25) is 0 Å². The summed E-state index contributed by atoms with van der Waals surface area (Å²) in [6.45, 7) is 3.30. The monoisotopic (exact) mass is 252 g/mol. The Morgan fingerprint density at radius 3 is 2.65 bits per heavy atom. The average Bonchev–Trinajstić information content (AvgIpc) is 2.36. The van der Waals surface area contributed by atoms with Gasteiger partial charge in [0.2, 0.25) is 5.91 Å². The second-order valence-corrected chi connectivity index (χ2v) is 5.08. The van der Waals surface area contributed by atoms with Crippen LogP contribution in [0.15, 0.2) is 29.2 Å². The van der Waals surface area contributed by atoms with E-state index in [2.05, 4.69) is 36.5 Å². The van der Waals surface area contributed by atoms with Crippen LogP contribution >= 0.6 is 11.8 Å². The molecule has 1 aromatic rings. The lowest BCUT2D eigenvalue weighted by molar-refractivity contribution is -0.121. The van der Waals surface area contributed by atoms with E-state index in [-0.39, 0.29) is 5.91 Å². The fourth-order valence-electron chi connectivity index (χ4n) is 1.42. The van der Waals surface area contributed by atoms with Crippen LogP contribution in [-0.2, 0) is 11.3 Å². The fraction of sp³-hybridized carbons (Fsp3) is 0.462. The molecule has 3 N–H and O–H groups in total. The Labute approximate surface area is 107 Å². The van der Waals surface area contributed by atoms with E-state index in [1.807, 2.05) is 11.8 Å². The van der Waals surface area contributed by atoms with Crippen molar-refractivity contribution in [3.63, 3.8) is 0 Å². The smallest absolute Gasteiger partial charge is 0.220 e. The van der Waals surface area contributed by atoms with Crippen molar-refractivity contribution in [2.45, 2.75) is 31.2 Å². The van der Waals surface area contributed by atoms with Crippen molar-refractivity contribution in [3.05, 3.63) is 29.8 Å². The Kier molecular flexibility index (Phi) is 6.74. The molecule has 1 aromatic carbocycles. The first-order valence-electron chi connectivity index (χ1n) is 5.94. The Bertz CT molecular complexity index is 338. The van der Waals surface area contributed by atoms with E-state index in [9.17, 15) is 4.79 Å². The molecule has 0 unspecified atom stereocenters. The molecule has 1 rings (SSSR count). The van der Waals surface area contributed by atoms with Gasteiger partial charge in [0.15, 0.2) is 0 Å². The molecule has 0 bridgehead atoms. The molecule has 0 aromatic heterocycles. The van der Waals surface area contributed by atoms with Crippen molar-refractivity contribution in [2.24, 2.45) is 5.73 Å². The topological polar surface area (TPSA) is 55.1 Å². The number of thioether (sulfide) groups is 1. The van der Waals surface area contributed by atoms with Gasteiger partial charge in [0.25, 0.3) is 0 Å². The quantitative estimate of drug-likeness (QED) is 0.731.